The van der Waals surface area contributed by atoms with Crippen molar-refractivity contribution >= 4 is 23.0 Å². The molecule has 0 amide bonds. The van der Waals surface area contributed by atoms with Gasteiger partial charge in [0.2, 0.25) is 5.82 Å². The van der Waals surface area contributed by atoms with Gasteiger partial charge in [-0.3, -0.25) is 10.1 Å². The number of nitriles is 1. The Morgan fingerprint density at radius 3 is 2.71 bits per heavy atom. The number of benzene rings is 1. The highest BCUT2D eigenvalue weighted by Crippen LogP contribution is 2.33. The van der Waals surface area contributed by atoms with Gasteiger partial charge in [0.1, 0.15) is 11.9 Å². The van der Waals surface area contributed by atoms with E-state index in [1.165, 1.54) is 17.0 Å². The number of hydrogen-bond acceptors (Lipinski definition) is 7. The van der Waals surface area contributed by atoms with Gasteiger partial charge in [0.15, 0.2) is 0 Å². The van der Waals surface area contributed by atoms with Crippen molar-refractivity contribution in [1.29, 1.82) is 5.26 Å². The molecule has 1 aromatic heterocycles. The molecule has 0 aliphatic rings. The zero-order chi connectivity index (χ0) is 15.4. The van der Waals surface area contributed by atoms with Gasteiger partial charge in [-0.05, 0) is 18.2 Å². The average molecular weight is 284 g/mol. The molecule has 0 aliphatic carbocycles. The van der Waals surface area contributed by atoms with Gasteiger partial charge in [-0.25, -0.2) is 10.8 Å². The van der Waals surface area contributed by atoms with Gasteiger partial charge in [0.25, 0.3) is 0 Å². The molecule has 0 saturated heterocycles. The van der Waals surface area contributed by atoms with E-state index in [1.807, 2.05) is 6.07 Å². The second-order valence-corrected chi connectivity index (χ2v) is 4.13. The number of rotatable bonds is 4. The third-order valence-corrected chi connectivity index (χ3v) is 2.90. The summed E-state index contributed by atoms with van der Waals surface area (Å²) in [6, 6.07) is 11.5. The maximum Gasteiger partial charge on any atom is 0.312 e. The van der Waals surface area contributed by atoms with Gasteiger partial charge in [0, 0.05) is 13.1 Å². The molecule has 8 nitrogen and oxygen atoms in total. The van der Waals surface area contributed by atoms with E-state index in [9.17, 15) is 10.1 Å². The molecule has 0 saturated carbocycles. The summed E-state index contributed by atoms with van der Waals surface area (Å²) in [6.45, 7) is 0. The summed E-state index contributed by atoms with van der Waals surface area (Å²) in [7, 11) is 1.60. The van der Waals surface area contributed by atoms with Crippen molar-refractivity contribution < 1.29 is 4.92 Å². The van der Waals surface area contributed by atoms with Crippen molar-refractivity contribution in [2.24, 2.45) is 5.84 Å². The lowest BCUT2D eigenvalue weighted by Crippen LogP contribution is -2.16. The van der Waals surface area contributed by atoms with Gasteiger partial charge >= 0.3 is 5.69 Å². The lowest BCUT2D eigenvalue weighted by Gasteiger charge is -2.19. The van der Waals surface area contributed by atoms with Gasteiger partial charge in [0.05, 0.1) is 16.2 Å². The van der Waals surface area contributed by atoms with Crippen molar-refractivity contribution in [2.75, 3.05) is 17.4 Å². The van der Waals surface area contributed by atoms with E-state index in [0.717, 1.165) is 0 Å². The number of nitrogens with two attached hydrogens (primary N) is 1. The van der Waals surface area contributed by atoms with Crippen LogP contribution < -0.4 is 16.2 Å². The molecule has 8 heteroatoms. The van der Waals surface area contributed by atoms with Crippen LogP contribution in [0.4, 0.5) is 23.0 Å². The maximum atomic E-state index is 11.1. The smallest absolute Gasteiger partial charge is 0.312 e. The van der Waals surface area contributed by atoms with Gasteiger partial charge in [-0.1, -0.05) is 12.1 Å². The summed E-state index contributed by atoms with van der Waals surface area (Å²) >= 11 is 0. The topological polar surface area (TPSA) is 121 Å². The van der Waals surface area contributed by atoms with Gasteiger partial charge < -0.3 is 10.3 Å². The van der Waals surface area contributed by atoms with Crippen molar-refractivity contribution in [2.45, 2.75) is 0 Å². The Morgan fingerprint density at radius 1 is 1.38 bits per heavy atom. The fourth-order valence-corrected chi connectivity index (χ4v) is 1.89. The second kappa shape index (κ2) is 5.85. The quantitative estimate of drug-likeness (QED) is 0.499. The summed E-state index contributed by atoms with van der Waals surface area (Å²) in [4.78, 5) is 16.2. The van der Waals surface area contributed by atoms with Crippen LogP contribution in [0.1, 0.15) is 5.56 Å². The largest absolute Gasteiger partial charge is 0.322 e. The predicted molar refractivity (Wildman–Crippen MR) is 77.9 cm³/mol. The molecule has 0 aliphatic heterocycles. The van der Waals surface area contributed by atoms with E-state index >= 15 is 0 Å². The Kier molecular flexibility index (Phi) is 3.97. The molecule has 2 aromatic rings. The number of hydrazine groups is 1. The lowest BCUT2D eigenvalue weighted by atomic mass is 10.2. The van der Waals surface area contributed by atoms with Crippen LogP contribution in [0, 0.1) is 21.4 Å². The van der Waals surface area contributed by atoms with E-state index in [0.29, 0.717) is 11.3 Å². The molecule has 0 bridgehead atoms. The molecule has 0 atom stereocenters. The molecule has 3 N–H and O–H groups in total. The third-order valence-electron chi connectivity index (χ3n) is 2.90. The highest BCUT2D eigenvalue weighted by molar-refractivity contribution is 5.73. The average Bonchev–Trinajstić information content (AvgIpc) is 2.53. The standard InChI is InChI=1S/C13H12N6O2/c1-18(10-5-3-2-4-9(10)8-14)13-11(19(20)21)6-7-12(16-13)17-15/h2-7H,15H2,1H3,(H,16,17). The van der Waals surface area contributed by atoms with Crippen molar-refractivity contribution in [3.8, 4) is 6.07 Å². The zero-order valence-corrected chi connectivity index (χ0v) is 11.1. The molecule has 106 valence electrons. The molecule has 0 unspecified atom stereocenters. The van der Waals surface area contributed by atoms with Crippen LogP contribution in [0.15, 0.2) is 36.4 Å². The first-order chi connectivity index (χ1) is 10.1. The molecule has 2 rings (SSSR count). The van der Waals surface area contributed by atoms with Crippen molar-refractivity contribution in [1.82, 2.24) is 4.98 Å². The number of nitrogens with zero attached hydrogens (tertiary/aromatic N) is 4. The number of anilines is 3. The highest BCUT2D eigenvalue weighted by atomic mass is 16.6. The molecule has 0 fully saturated rings. The Hall–Kier alpha value is -3.18. The first-order valence-electron chi connectivity index (χ1n) is 5.93. The van der Waals surface area contributed by atoms with Crippen LogP contribution in [0.2, 0.25) is 0 Å². The highest BCUT2D eigenvalue weighted by Gasteiger charge is 2.22. The fraction of sp³-hybridized carbons (Fsp3) is 0.0769. The molecule has 21 heavy (non-hydrogen) atoms. The van der Waals surface area contributed by atoms with E-state index < -0.39 is 4.92 Å². The molecule has 0 radical (unpaired) electrons. The molecular weight excluding hydrogens is 272 g/mol. The van der Waals surface area contributed by atoms with Crippen LogP contribution in [0.5, 0.6) is 0 Å². The van der Waals surface area contributed by atoms with Gasteiger partial charge in [-0.15, -0.1) is 0 Å². The molecule has 1 heterocycles. The number of hydrogen-bond donors (Lipinski definition) is 2. The minimum Gasteiger partial charge on any atom is -0.322 e. The Balaban J connectivity index is 2.59. The predicted octanol–water partition coefficient (Wildman–Crippen LogP) is 1.91. The Morgan fingerprint density at radius 2 is 2.10 bits per heavy atom. The normalized spacial score (nSPS) is 9.76. The monoisotopic (exact) mass is 284 g/mol. The summed E-state index contributed by atoms with van der Waals surface area (Å²) in [5.74, 6) is 5.67. The first kappa shape index (κ1) is 14.2. The van der Waals surface area contributed by atoms with Crippen molar-refractivity contribution in [3.63, 3.8) is 0 Å². The summed E-state index contributed by atoms with van der Waals surface area (Å²) in [5, 5.41) is 20.3. The lowest BCUT2D eigenvalue weighted by molar-refractivity contribution is -0.384. The van der Waals surface area contributed by atoms with Gasteiger partial charge in [-0.2, -0.15) is 5.26 Å². The third kappa shape index (κ3) is 2.72. The Bertz CT molecular complexity index is 725. The number of nitrogen functional groups attached to an aromatic ring is 1. The molecule has 0 spiro atoms. The SMILES string of the molecule is CN(c1ccccc1C#N)c1nc(NN)ccc1[N+](=O)[O-]. The van der Waals surface area contributed by atoms with Crippen LogP contribution in [0.3, 0.4) is 0 Å². The number of nitrogens with one attached hydrogen (secondary N) is 1. The first-order valence-corrected chi connectivity index (χ1v) is 5.93. The van der Waals surface area contributed by atoms with E-state index in [4.69, 9.17) is 11.1 Å². The van der Waals surface area contributed by atoms with Crippen LogP contribution >= 0.6 is 0 Å². The molecule has 1 aromatic carbocycles. The van der Waals surface area contributed by atoms with Crippen molar-refractivity contribution in [3.05, 3.63) is 52.1 Å². The van der Waals surface area contributed by atoms with E-state index in [2.05, 4.69) is 10.4 Å². The second-order valence-electron chi connectivity index (χ2n) is 4.13. The minimum absolute atomic E-state index is 0.0955. The minimum atomic E-state index is -0.534. The van der Waals surface area contributed by atoms with E-state index in [-0.39, 0.29) is 17.3 Å². The van der Waals surface area contributed by atoms with Crippen LogP contribution in [0.25, 0.3) is 0 Å². The Labute approximate surface area is 120 Å². The summed E-state index contributed by atoms with van der Waals surface area (Å²) in [5.41, 5.74) is 3.08. The zero-order valence-electron chi connectivity index (χ0n) is 11.1. The van der Waals surface area contributed by atoms with Crippen LogP contribution in [-0.4, -0.2) is 17.0 Å². The van der Waals surface area contributed by atoms with E-state index in [1.54, 1.807) is 31.3 Å². The fourth-order valence-electron chi connectivity index (χ4n) is 1.89. The maximum absolute atomic E-state index is 11.1. The van der Waals surface area contributed by atoms with Crippen LogP contribution in [-0.2, 0) is 0 Å². The number of pyridine rings is 1. The number of nitro groups is 1. The summed E-state index contributed by atoms with van der Waals surface area (Å²) < 4.78 is 0. The number of para-hydroxylation sites is 1. The molecular formula is C13H12N6O2. The summed E-state index contributed by atoms with van der Waals surface area (Å²) in [6.07, 6.45) is 0. The number of aromatic nitrogens is 1.